The quantitative estimate of drug-likeness (QED) is 0.632. The first-order valence-corrected chi connectivity index (χ1v) is 11.9. The molecule has 5 atom stereocenters. The van der Waals surface area contributed by atoms with Gasteiger partial charge in [0.05, 0.1) is 23.4 Å². The summed E-state index contributed by atoms with van der Waals surface area (Å²) in [6.07, 6.45) is 7.30. The van der Waals surface area contributed by atoms with Crippen molar-refractivity contribution in [3.63, 3.8) is 0 Å². The van der Waals surface area contributed by atoms with Gasteiger partial charge in [0.25, 0.3) is 5.91 Å². The van der Waals surface area contributed by atoms with Crippen LogP contribution in [0.3, 0.4) is 0 Å². The lowest BCUT2D eigenvalue weighted by molar-refractivity contribution is -0.128. The lowest BCUT2D eigenvalue weighted by Crippen LogP contribution is -2.52. The summed E-state index contributed by atoms with van der Waals surface area (Å²) in [4.78, 5) is 27.2. The summed E-state index contributed by atoms with van der Waals surface area (Å²) in [5.74, 6) is -0.0682. The van der Waals surface area contributed by atoms with E-state index >= 15 is 0 Å². The average Bonchev–Trinajstić information content (AvgIpc) is 3.15. The van der Waals surface area contributed by atoms with Crippen LogP contribution < -0.4 is 16.0 Å². The number of carbonyl (C=O) groups is 2. The maximum absolute atomic E-state index is 13.0. The molecule has 0 bridgehead atoms. The largest absolute Gasteiger partial charge is 0.376 e. The summed E-state index contributed by atoms with van der Waals surface area (Å²) in [5.41, 5.74) is 1.68. The zero-order valence-corrected chi connectivity index (χ0v) is 19.1. The van der Waals surface area contributed by atoms with Crippen molar-refractivity contribution in [2.75, 3.05) is 11.9 Å². The molecule has 166 valence electrons. The molecule has 1 saturated heterocycles. The van der Waals surface area contributed by atoms with E-state index in [9.17, 15) is 9.59 Å². The Hall–Kier alpha value is -2.25. The van der Waals surface area contributed by atoms with Gasteiger partial charge >= 0.3 is 0 Å². The fraction of sp³-hybridized carbons (Fsp3) is 0.500. The third-order valence-electron chi connectivity index (χ3n) is 5.95. The maximum Gasteiger partial charge on any atom is 0.251 e. The summed E-state index contributed by atoms with van der Waals surface area (Å²) < 4.78 is 5.55. The van der Waals surface area contributed by atoms with E-state index in [0.717, 1.165) is 12.1 Å². The standard InChI is InChI=1S/C24H31N3O3S/c1-14(2)12-20(24(29)26-17-10-11-30-15(17)3)27-23(28)16-8-9-22-19(13-16)25-18-6-4-5-7-21(18)31-22/h4-9,13-15,17,19-20,22,25H,10-12H2,1-3H3,(H,26,29)(H,27,28)/t15?,17-,19?,20+,22?/m0/s1. The highest BCUT2D eigenvalue weighted by Gasteiger charge is 2.32. The number of benzene rings is 1. The van der Waals surface area contributed by atoms with Gasteiger partial charge in [0.2, 0.25) is 5.91 Å². The number of para-hydroxylation sites is 1. The van der Waals surface area contributed by atoms with E-state index in [-0.39, 0.29) is 41.2 Å². The van der Waals surface area contributed by atoms with Crippen LogP contribution in [0.4, 0.5) is 5.69 Å². The summed E-state index contributed by atoms with van der Waals surface area (Å²) in [7, 11) is 0. The minimum Gasteiger partial charge on any atom is -0.376 e. The van der Waals surface area contributed by atoms with Gasteiger partial charge in [-0.3, -0.25) is 9.59 Å². The normalized spacial score (nSPS) is 27.5. The lowest BCUT2D eigenvalue weighted by Gasteiger charge is -2.33. The minimum absolute atomic E-state index is 0.00183. The molecule has 1 fully saturated rings. The Morgan fingerprint density at radius 3 is 2.84 bits per heavy atom. The molecule has 6 nitrogen and oxygen atoms in total. The Bertz CT molecular complexity index is 898. The monoisotopic (exact) mass is 441 g/mol. The maximum atomic E-state index is 13.0. The van der Waals surface area contributed by atoms with Crippen molar-refractivity contribution >= 4 is 29.3 Å². The van der Waals surface area contributed by atoms with Crippen molar-refractivity contribution in [2.45, 2.75) is 68.0 Å². The van der Waals surface area contributed by atoms with Crippen LogP contribution in [-0.4, -0.2) is 47.9 Å². The van der Waals surface area contributed by atoms with Gasteiger partial charge < -0.3 is 20.7 Å². The average molecular weight is 442 g/mol. The van der Waals surface area contributed by atoms with E-state index in [1.54, 1.807) is 11.8 Å². The number of hydrogen-bond acceptors (Lipinski definition) is 5. The van der Waals surface area contributed by atoms with Crippen molar-refractivity contribution in [3.8, 4) is 0 Å². The van der Waals surface area contributed by atoms with E-state index in [1.807, 2.05) is 31.2 Å². The molecule has 1 aliphatic carbocycles. The lowest BCUT2D eigenvalue weighted by atomic mass is 9.98. The Kier molecular flexibility index (Phi) is 6.72. The van der Waals surface area contributed by atoms with Crippen LogP contribution in [0.1, 0.15) is 33.6 Å². The molecule has 0 saturated carbocycles. The van der Waals surface area contributed by atoms with Gasteiger partial charge in [-0.1, -0.05) is 38.1 Å². The van der Waals surface area contributed by atoms with Crippen LogP contribution in [-0.2, 0) is 14.3 Å². The number of rotatable bonds is 6. The molecule has 2 aliphatic heterocycles. The van der Waals surface area contributed by atoms with Gasteiger partial charge in [-0.25, -0.2) is 0 Å². The van der Waals surface area contributed by atoms with E-state index in [1.165, 1.54) is 4.90 Å². The van der Waals surface area contributed by atoms with E-state index in [0.29, 0.717) is 18.6 Å². The van der Waals surface area contributed by atoms with Gasteiger partial charge in [0.1, 0.15) is 6.04 Å². The van der Waals surface area contributed by atoms with Crippen molar-refractivity contribution in [2.24, 2.45) is 5.92 Å². The van der Waals surface area contributed by atoms with E-state index in [2.05, 4.69) is 48.0 Å². The van der Waals surface area contributed by atoms with E-state index < -0.39 is 6.04 Å². The molecule has 7 heteroatoms. The number of anilines is 1. The SMILES string of the molecule is CC(C)C[C@@H](NC(=O)C1=CC2Nc3ccccc3SC2C=C1)C(=O)N[C@H]1CCOC1C. The molecule has 31 heavy (non-hydrogen) atoms. The van der Waals surface area contributed by atoms with Gasteiger partial charge in [-0.15, -0.1) is 11.8 Å². The number of nitrogens with one attached hydrogen (secondary N) is 3. The first-order chi connectivity index (χ1) is 14.9. The highest BCUT2D eigenvalue weighted by Crippen LogP contribution is 2.40. The predicted octanol–water partition coefficient (Wildman–Crippen LogP) is 3.26. The number of thioether (sulfide) groups is 1. The topological polar surface area (TPSA) is 79.5 Å². The zero-order chi connectivity index (χ0) is 22.0. The molecule has 1 aromatic carbocycles. The minimum atomic E-state index is -0.568. The second-order valence-electron chi connectivity index (χ2n) is 8.87. The fourth-order valence-corrected chi connectivity index (χ4v) is 5.37. The molecular weight excluding hydrogens is 410 g/mol. The van der Waals surface area contributed by atoms with Crippen LogP contribution in [0.2, 0.25) is 0 Å². The number of carbonyl (C=O) groups excluding carboxylic acids is 2. The highest BCUT2D eigenvalue weighted by atomic mass is 32.2. The highest BCUT2D eigenvalue weighted by molar-refractivity contribution is 8.00. The van der Waals surface area contributed by atoms with Crippen LogP contribution >= 0.6 is 11.8 Å². The van der Waals surface area contributed by atoms with Crippen molar-refractivity contribution in [1.82, 2.24) is 10.6 Å². The molecule has 0 aromatic heterocycles. The second-order valence-corrected chi connectivity index (χ2v) is 10.1. The number of fused-ring (bicyclic) bond motifs is 2. The van der Waals surface area contributed by atoms with Crippen molar-refractivity contribution in [3.05, 3.63) is 48.1 Å². The molecule has 3 N–H and O–H groups in total. The van der Waals surface area contributed by atoms with E-state index in [4.69, 9.17) is 4.74 Å². The van der Waals surface area contributed by atoms with Gasteiger partial charge in [-0.05, 0) is 43.9 Å². The Labute approximate surface area is 188 Å². The summed E-state index contributed by atoms with van der Waals surface area (Å²) in [6.45, 7) is 6.73. The molecule has 0 spiro atoms. The van der Waals surface area contributed by atoms with Crippen molar-refractivity contribution in [1.29, 1.82) is 0 Å². The second kappa shape index (κ2) is 9.49. The van der Waals surface area contributed by atoms with Gasteiger partial charge in [0.15, 0.2) is 0 Å². The first-order valence-electron chi connectivity index (χ1n) is 11.1. The molecule has 4 rings (SSSR count). The van der Waals surface area contributed by atoms with Crippen LogP contribution in [0.5, 0.6) is 0 Å². The van der Waals surface area contributed by atoms with Gasteiger partial charge in [0, 0.05) is 22.8 Å². The molecular formula is C24H31N3O3S. The third kappa shape index (κ3) is 5.15. The Morgan fingerprint density at radius 2 is 2.10 bits per heavy atom. The Morgan fingerprint density at radius 1 is 1.29 bits per heavy atom. The van der Waals surface area contributed by atoms with Crippen LogP contribution in [0, 0.1) is 5.92 Å². The predicted molar refractivity (Wildman–Crippen MR) is 124 cm³/mol. The summed E-state index contributed by atoms with van der Waals surface area (Å²) >= 11 is 1.80. The Balaban J connectivity index is 1.43. The summed E-state index contributed by atoms with van der Waals surface area (Å²) in [6, 6.07) is 7.68. The molecule has 2 heterocycles. The number of hydrogen-bond donors (Lipinski definition) is 3. The number of ether oxygens (including phenoxy) is 1. The molecule has 3 aliphatic rings. The summed E-state index contributed by atoms with van der Waals surface area (Å²) in [5, 5.41) is 9.81. The van der Waals surface area contributed by atoms with Crippen molar-refractivity contribution < 1.29 is 14.3 Å². The number of amides is 2. The molecule has 1 aromatic rings. The van der Waals surface area contributed by atoms with Gasteiger partial charge in [-0.2, -0.15) is 0 Å². The van der Waals surface area contributed by atoms with Crippen LogP contribution in [0.15, 0.2) is 53.0 Å². The molecule has 2 amide bonds. The first kappa shape index (κ1) is 22.0. The smallest absolute Gasteiger partial charge is 0.251 e. The zero-order valence-electron chi connectivity index (χ0n) is 18.3. The third-order valence-corrected chi connectivity index (χ3v) is 7.28. The fourth-order valence-electron chi connectivity index (χ4n) is 4.21. The molecule has 0 radical (unpaired) electrons. The van der Waals surface area contributed by atoms with Crippen LogP contribution in [0.25, 0.3) is 0 Å². The molecule has 3 unspecified atom stereocenters.